The van der Waals surface area contributed by atoms with E-state index < -0.39 is 5.97 Å². The number of para-hydroxylation sites is 1. The molecule has 1 aromatic rings. The quantitative estimate of drug-likeness (QED) is 0.735. The highest BCUT2D eigenvalue weighted by Crippen LogP contribution is 2.15. The summed E-state index contributed by atoms with van der Waals surface area (Å²) in [6.45, 7) is 3.35. The Kier molecular flexibility index (Phi) is 2.69. The van der Waals surface area contributed by atoms with E-state index in [-0.39, 0.29) is 6.61 Å². The first-order chi connectivity index (χ1) is 5.70. The third kappa shape index (κ3) is 2.27. The maximum atomic E-state index is 10.1. The predicted molar refractivity (Wildman–Crippen MR) is 44.0 cm³/mol. The number of rotatable bonds is 3. The third-order valence-electron chi connectivity index (χ3n) is 1.32. The second kappa shape index (κ2) is 3.76. The van der Waals surface area contributed by atoms with E-state index in [0.29, 0.717) is 11.3 Å². The second-order valence-electron chi connectivity index (χ2n) is 2.29. The van der Waals surface area contributed by atoms with E-state index in [4.69, 9.17) is 9.84 Å². The van der Waals surface area contributed by atoms with Crippen molar-refractivity contribution in [2.45, 2.75) is 0 Å². The van der Waals surface area contributed by atoms with Gasteiger partial charge < -0.3 is 9.84 Å². The fraction of sp³-hybridized carbons (Fsp3) is 0.111. The van der Waals surface area contributed by atoms with E-state index in [1.165, 1.54) is 0 Å². The number of hydrogen-bond donors (Lipinski definition) is 1. The van der Waals surface area contributed by atoms with Gasteiger partial charge in [0.1, 0.15) is 5.75 Å². The molecule has 0 amide bonds. The Balaban J connectivity index is 2.63. The Labute approximate surface area is 70.6 Å². The fourth-order valence-corrected chi connectivity index (χ4v) is 0.784. The molecule has 1 aromatic carbocycles. The van der Waals surface area contributed by atoms with Crippen molar-refractivity contribution in [3.63, 3.8) is 0 Å². The molecule has 0 aliphatic carbocycles. The van der Waals surface area contributed by atoms with Gasteiger partial charge in [-0.15, -0.1) is 0 Å². The first-order valence-corrected chi connectivity index (χ1v) is 3.45. The molecule has 0 saturated carbocycles. The summed E-state index contributed by atoms with van der Waals surface area (Å²) in [6, 6.07) is 7.03. The lowest BCUT2D eigenvalue weighted by atomic mass is 10.2. The molecule has 0 atom stereocenters. The summed E-state index contributed by atoms with van der Waals surface area (Å²) in [7, 11) is 0. The molecule has 0 saturated heterocycles. The van der Waals surface area contributed by atoms with Gasteiger partial charge in [0.05, 0.1) is 0 Å². The van der Waals surface area contributed by atoms with Crippen LogP contribution in [0.5, 0.6) is 5.75 Å². The van der Waals surface area contributed by atoms with Crippen LogP contribution in [0.3, 0.4) is 0 Å². The monoisotopic (exact) mass is 165 g/mol. The molecule has 3 heteroatoms. The number of ether oxygens (including phenoxy) is 1. The average molecular weight is 165 g/mol. The maximum Gasteiger partial charge on any atom is 0.341 e. The van der Waals surface area contributed by atoms with Crippen LogP contribution in [0.25, 0.3) is 0 Å². The van der Waals surface area contributed by atoms with Gasteiger partial charge in [0.2, 0.25) is 0 Å². The maximum absolute atomic E-state index is 10.1. The number of carboxylic acids is 1. The first-order valence-electron chi connectivity index (χ1n) is 3.45. The van der Waals surface area contributed by atoms with Gasteiger partial charge in [-0.25, -0.2) is 4.79 Å². The minimum atomic E-state index is -0.988. The highest BCUT2D eigenvalue weighted by Gasteiger charge is 2.00. The smallest absolute Gasteiger partial charge is 0.341 e. The fourth-order valence-electron chi connectivity index (χ4n) is 0.784. The van der Waals surface area contributed by atoms with Crippen molar-refractivity contribution >= 4 is 5.97 Å². The average Bonchev–Trinajstić information content (AvgIpc) is 2.03. The summed E-state index contributed by atoms with van der Waals surface area (Å²) in [5.41, 5.74) is 0.693. The van der Waals surface area contributed by atoms with Crippen molar-refractivity contribution in [3.8, 4) is 5.75 Å². The normalized spacial score (nSPS) is 9.42. The Morgan fingerprint density at radius 2 is 2.17 bits per heavy atom. The summed E-state index contributed by atoms with van der Waals surface area (Å²) >= 11 is 0. The standard InChI is InChI=1S/C9H9O3/c1-7-4-2-3-5-8(7)12-6-9(10)11/h2-5H,1,6H2,(H,10,11). The summed E-state index contributed by atoms with van der Waals surface area (Å²) in [4.78, 5) is 10.1. The SMILES string of the molecule is [CH2]c1ccccc1OCC(=O)O. The van der Waals surface area contributed by atoms with Crippen LogP contribution in [0, 0.1) is 6.92 Å². The van der Waals surface area contributed by atoms with Crippen LogP contribution in [-0.2, 0) is 4.79 Å². The minimum Gasteiger partial charge on any atom is -0.482 e. The van der Waals surface area contributed by atoms with Crippen LogP contribution < -0.4 is 4.74 Å². The third-order valence-corrected chi connectivity index (χ3v) is 1.32. The van der Waals surface area contributed by atoms with Crippen molar-refractivity contribution in [1.29, 1.82) is 0 Å². The minimum absolute atomic E-state index is 0.327. The van der Waals surface area contributed by atoms with E-state index in [1.807, 2.05) is 6.07 Å². The summed E-state index contributed by atoms with van der Waals surface area (Å²) in [6.07, 6.45) is 0. The molecule has 12 heavy (non-hydrogen) atoms. The molecule has 3 nitrogen and oxygen atoms in total. The van der Waals surface area contributed by atoms with E-state index in [2.05, 4.69) is 6.92 Å². The van der Waals surface area contributed by atoms with E-state index in [9.17, 15) is 4.79 Å². The first kappa shape index (κ1) is 8.59. The topological polar surface area (TPSA) is 46.5 Å². The number of carboxylic acid groups (broad SMARTS) is 1. The molecule has 0 aromatic heterocycles. The Morgan fingerprint density at radius 1 is 1.50 bits per heavy atom. The summed E-state index contributed by atoms with van der Waals surface area (Å²) < 4.78 is 4.94. The van der Waals surface area contributed by atoms with Crippen molar-refractivity contribution in [2.75, 3.05) is 6.61 Å². The molecule has 1 radical (unpaired) electrons. The van der Waals surface area contributed by atoms with Gasteiger partial charge in [-0.05, 0) is 18.6 Å². The number of carbonyl (C=O) groups is 1. The number of hydrogen-bond acceptors (Lipinski definition) is 2. The number of benzene rings is 1. The van der Waals surface area contributed by atoms with Crippen LogP contribution in [-0.4, -0.2) is 17.7 Å². The molecule has 0 heterocycles. The van der Waals surface area contributed by atoms with Crippen molar-refractivity contribution in [1.82, 2.24) is 0 Å². The van der Waals surface area contributed by atoms with E-state index >= 15 is 0 Å². The van der Waals surface area contributed by atoms with Gasteiger partial charge in [-0.3, -0.25) is 0 Å². The predicted octanol–water partition coefficient (Wildman–Crippen LogP) is 1.33. The summed E-state index contributed by atoms with van der Waals surface area (Å²) in [5, 5.41) is 8.32. The zero-order valence-corrected chi connectivity index (χ0v) is 6.49. The van der Waals surface area contributed by atoms with Crippen molar-refractivity contribution in [2.24, 2.45) is 0 Å². The van der Waals surface area contributed by atoms with Gasteiger partial charge in [-0.2, -0.15) is 0 Å². The molecular formula is C9H9O3. The van der Waals surface area contributed by atoms with Crippen LogP contribution in [0.4, 0.5) is 0 Å². The molecule has 0 spiro atoms. The lowest BCUT2D eigenvalue weighted by Crippen LogP contribution is -2.09. The van der Waals surface area contributed by atoms with Gasteiger partial charge in [0, 0.05) is 0 Å². The Bertz CT molecular complexity index is 281. The highest BCUT2D eigenvalue weighted by molar-refractivity contribution is 5.68. The van der Waals surface area contributed by atoms with Gasteiger partial charge in [0.15, 0.2) is 6.61 Å². The highest BCUT2D eigenvalue weighted by atomic mass is 16.5. The Morgan fingerprint density at radius 3 is 2.75 bits per heavy atom. The lowest BCUT2D eigenvalue weighted by Gasteiger charge is -2.04. The zero-order chi connectivity index (χ0) is 8.97. The zero-order valence-electron chi connectivity index (χ0n) is 6.49. The molecular weight excluding hydrogens is 156 g/mol. The van der Waals surface area contributed by atoms with Gasteiger partial charge >= 0.3 is 5.97 Å². The molecule has 1 rings (SSSR count). The van der Waals surface area contributed by atoms with Crippen LogP contribution >= 0.6 is 0 Å². The lowest BCUT2D eigenvalue weighted by molar-refractivity contribution is -0.139. The Hall–Kier alpha value is -1.51. The molecule has 0 unspecified atom stereocenters. The molecule has 63 valence electrons. The van der Waals surface area contributed by atoms with Gasteiger partial charge in [-0.1, -0.05) is 18.2 Å². The molecule has 1 N–H and O–H groups in total. The van der Waals surface area contributed by atoms with E-state index in [1.54, 1.807) is 18.2 Å². The van der Waals surface area contributed by atoms with Crippen molar-refractivity contribution < 1.29 is 14.6 Å². The van der Waals surface area contributed by atoms with Crippen LogP contribution in [0.2, 0.25) is 0 Å². The van der Waals surface area contributed by atoms with E-state index in [0.717, 1.165) is 0 Å². The van der Waals surface area contributed by atoms with Crippen molar-refractivity contribution in [3.05, 3.63) is 36.8 Å². The second-order valence-corrected chi connectivity index (χ2v) is 2.29. The van der Waals surface area contributed by atoms with Gasteiger partial charge in [0.25, 0.3) is 0 Å². The number of aliphatic carboxylic acids is 1. The van der Waals surface area contributed by atoms with Crippen LogP contribution in [0.1, 0.15) is 5.56 Å². The summed E-state index contributed by atoms with van der Waals surface area (Å²) in [5.74, 6) is -0.474. The molecule has 0 aliphatic rings. The molecule has 0 fully saturated rings. The largest absolute Gasteiger partial charge is 0.482 e. The molecule has 0 bridgehead atoms. The molecule has 0 aliphatic heterocycles. The van der Waals surface area contributed by atoms with Crippen LogP contribution in [0.15, 0.2) is 24.3 Å².